The lowest BCUT2D eigenvalue weighted by molar-refractivity contribution is 0.102. The Balaban J connectivity index is 1.39. The van der Waals surface area contributed by atoms with Gasteiger partial charge in [-0.25, -0.2) is 14.4 Å². The van der Waals surface area contributed by atoms with Gasteiger partial charge in [0.2, 0.25) is 0 Å². The molecule has 4 rings (SSSR count). The fraction of sp³-hybridized carbons (Fsp3) is 0.227. The summed E-state index contributed by atoms with van der Waals surface area (Å²) in [6, 6.07) is 15.1. The van der Waals surface area contributed by atoms with Crippen LogP contribution in [0.3, 0.4) is 0 Å². The molecule has 1 aromatic heterocycles. The molecule has 7 heteroatoms. The van der Waals surface area contributed by atoms with Crippen molar-refractivity contribution in [2.24, 2.45) is 0 Å². The van der Waals surface area contributed by atoms with E-state index in [0.717, 1.165) is 30.3 Å². The summed E-state index contributed by atoms with van der Waals surface area (Å²) in [6.07, 6.45) is 3.97. The number of hydrogen-bond donors (Lipinski definition) is 2. The van der Waals surface area contributed by atoms with Crippen LogP contribution in [-0.4, -0.2) is 29.0 Å². The van der Waals surface area contributed by atoms with Crippen molar-refractivity contribution in [3.63, 3.8) is 0 Å². The number of carbonyl (C=O) groups is 1. The molecule has 3 aromatic rings. The van der Waals surface area contributed by atoms with Gasteiger partial charge in [0.1, 0.15) is 23.8 Å². The van der Waals surface area contributed by atoms with E-state index in [0.29, 0.717) is 12.2 Å². The van der Waals surface area contributed by atoms with Crippen LogP contribution < -0.4 is 15.5 Å². The molecule has 1 aliphatic heterocycles. The largest absolute Gasteiger partial charge is 0.366 e. The Hall–Kier alpha value is -3.48. The molecule has 1 fully saturated rings. The van der Waals surface area contributed by atoms with Crippen LogP contribution >= 0.6 is 0 Å². The highest BCUT2D eigenvalue weighted by Crippen LogP contribution is 2.20. The molecule has 0 aliphatic carbocycles. The predicted octanol–water partition coefficient (Wildman–Crippen LogP) is 4.08. The number of nitrogens with zero attached hydrogens (tertiary/aromatic N) is 3. The van der Waals surface area contributed by atoms with E-state index in [1.54, 1.807) is 18.5 Å². The first-order valence-electron chi connectivity index (χ1n) is 9.64. The van der Waals surface area contributed by atoms with Crippen LogP contribution in [-0.2, 0) is 6.54 Å². The van der Waals surface area contributed by atoms with Crippen LogP contribution in [0.4, 0.5) is 21.7 Å². The van der Waals surface area contributed by atoms with Gasteiger partial charge in [-0.2, -0.15) is 0 Å². The van der Waals surface area contributed by atoms with Crippen LogP contribution in [0.15, 0.2) is 60.9 Å². The molecule has 0 spiro atoms. The SMILES string of the molecule is O=C(Nc1cccc(CNc2cc(N3CCCC3)ncn2)c1)c1cccc(F)c1. The van der Waals surface area contributed by atoms with Crippen LogP contribution in [0.1, 0.15) is 28.8 Å². The van der Waals surface area contributed by atoms with E-state index < -0.39 is 5.82 Å². The van der Waals surface area contributed by atoms with Crippen LogP contribution in [0, 0.1) is 5.82 Å². The summed E-state index contributed by atoms with van der Waals surface area (Å²) < 4.78 is 13.3. The van der Waals surface area contributed by atoms with E-state index in [2.05, 4.69) is 25.5 Å². The fourth-order valence-electron chi connectivity index (χ4n) is 3.35. The van der Waals surface area contributed by atoms with Crippen molar-refractivity contribution in [3.05, 3.63) is 77.9 Å². The maximum absolute atomic E-state index is 13.3. The molecule has 0 saturated carbocycles. The molecule has 1 aliphatic rings. The third-order valence-corrected chi connectivity index (χ3v) is 4.83. The monoisotopic (exact) mass is 391 g/mol. The molecule has 6 nitrogen and oxygen atoms in total. The van der Waals surface area contributed by atoms with Gasteiger partial charge in [-0.1, -0.05) is 18.2 Å². The summed E-state index contributed by atoms with van der Waals surface area (Å²) in [5.41, 5.74) is 1.92. The number of halogens is 1. The highest BCUT2D eigenvalue weighted by Gasteiger charge is 2.14. The summed E-state index contributed by atoms with van der Waals surface area (Å²) in [5, 5.41) is 6.11. The zero-order valence-electron chi connectivity index (χ0n) is 15.9. The molecule has 148 valence electrons. The Kier molecular flexibility index (Phi) is 5.65. The number of benzene rings is 2. The van der Waals surface area contributed by atoms with Crippen molar-refractivity contribution in [2.75, 3.05) is 28.6 Å². The number of aromatic nitrogens is 2. The van der Waals surface area contributed by atoms with Gasteiger partial charge in [0.05, 0.1) is 0 Å². The Labute approximate surface area is 168 Å². The molecule has 0 bridgehead atoms. The smallest absolute Gasteiger partial charge is 0.255 e. The number of rotatable bonds is 6. The summed E-state index contributed by atoms with van der Waals surface area (Å²) in [6.45, 7) is 2.62. The quantitative estimate of drug-likeness (QED) is 0.663. The average Bonchev–Trinajstić information content (AvgIpc) is 3.28. The zero-order chi connectivity index (χ0) is 20.1. The summed E-state index contributed by atoms with van der Waals surface area (Å²) in [7, 11) is 0. The van der Waals surface area contributed by atoms with E-state index in [-0.39, 0.29) is 11.5 Å². The van der Waals surface area contributed by atoms with Crippen molar-refractivity contribution in [1.82, 2.24) is 9.97 Å². The fourth-order valence-corrected chi connectivity index (χ4v) is 3.35. The molecule has 0 atom stereocenters. The predicted molar refractivity (Wildman–Crippen MR) is 112 cm³/mol. The topological polar surface area (TPSA) is 70.2 Å². The normalized spacial score (nSPS) is 13.3. The van der Waals surface area contributed by atoms with E-state index in [9.17, 15) is 9.18 Å². The first-order valence-corrected chi connectivity index (χ1v) is 9.64. The van der Waals surface area contributed by atoms with Crippen LogP contribution in [0.25, 0.3) is 0 Å². The molecular formula is C22H22FN5O. The molecule has 0 radical (unpaired) electrons. The van der Waals surface area contributed by atoms with Crippen molar-refractivity contribution >= 4 is 23.2 Å². The van der Waals surface area contributed by atoms with Crippen LogP contribution in [0.2, 0.25) is 0 Å². The molecule has 1 amide bonds. The van der Waals surface area contributed by atoms with E-state index in [4.69, 9.17) is 0 Å². The van der Waals surface area contributed by atoms with Gasteiger partial charge in [-0.15, -0.1) is 0 Å². The molecule has 1 saturated heterocycles. The molecule has 2 aromatic carbocycles. The standard InChI is InChI=1S/C22H22FN5O/c23-18-7-4-6-17(12-18)22(29)27-19-8-3-5-16(11-19)14-24-20-13-21(26-15-25-20)28-9-1-2-10-28/h3-8,11-13,15H,1-2,9-10,14H2,(H,27,29)(H,24,25,26). The van der Waals surface area contributed by atoms with Gasteiger partial charge in [0, 0.05) is 37.0 Å². The minimum atomic E-state index is -0.436. The number of amides is 1. The van der Waals surface area contributed by atoms with E-state index >= 15 is 0 Å². The number of nitrogens with one attached hydrogen (secondary N) is 2. The molecule has 2 N–H and O–H groups in total. The second kappa shape index (κ2) is 8.68. The molecular weight excluding hydrogens is 369 g/mol. The first-order chi connectivity index (χ1) is 14.2. The van der Waals surface area contributed by atoms with Gasteiger partial charge in [-0.3, -0.25) is 4.79 Å². The minimum Gasteiger partial charge on any atom is -0.366 e. The first kappa shape index (κ1) is 18.9. The van der Waals surface area contributed by atoms with Gasteiger partial charge >= 0.3 is 0 Å². The van der Waals surface area contributed by atoms with Crippen molar-refractivity contribution < 1.29 is 9.18 Å². The lowest BCUT2D eigenvalue weighted by Crippen LogP contribution is -2.19. The third-order valence-electron chi connectivity index (χ3n) is 4.83. The zero-order valence-corrected chi connectivity index (χ0v) is 15.9. The third kappa shape index (κ3) is 4.87. The summed E-state index contributed by atoms with van der Waals surface area (Å²) in [5.74, 6) is 0.918. The second-order valence-corrected chi connectivity index (χ2v) is 6.97. The van der Waals surface area contributed by atoms with Gasteiger partial charge in [0.15, 0.2) is 0 Å². The average molecular weight is 391 g/mol. The highest BCUT2D eigenvalue weighted by atomic mass is 19.1. The van der Waals surface area contributed by atoms with Crippen molar-refractivity contribution in [3.8, 4) is 0 Å². The van der Waals surface area contributed by atoms with Crippen LogP contribution in [0.5, 0.6) is 0 Å². The Morgan fingerprint density at radius 1 is 1.03 bits per heavy atom. The van der Waals surface area contributed by atoms with Gasteiger partial charge < -0.3 is 15.5 Å². The summed E-state index contributed by atoms with van der Waals surface area (Å²) in [4.78, 5) is 23.2. The van der Waals surface area contributed by atoms with Gasteiger partial charge in [0.25, 0.3) is 5.91 Å². The minimum absolute atomic E-state index is 0.281. The number of carbonyl (C=O) groups excluding carboxylic acids is 1. The lowest BCUT2D eigenvalue weighted by atomic mass is 10.1. The lowest BCUT2D eigenvalue weighted by Gasteiger charge is -2.16. The number of anilines is 3. The molecule has 0 unspecified atom stereocenters. The maximum Gasteiger partial charge on any atom is 0.255 e. The van der Waals surface area contributed by atoms with Crippen molar-refractivity contribution in [2.45, 2.75) is 19.4 Å². The highest BCUT2D eigenvalue weighted by molar-refractivity contribution is 6.04. The Morgan fingerprint density at radius 2 is 1.86 bits per heavy atom. The summed E-state index contributed by atoms with van der Waals surface area (Å²) >= 11 is 0. The maximum atomic E-state index is 13.3. The molecule has 2 heterocycles. The number of hydrogen-bond acceptors (Lipinski definition) is 5. The van der Waals surface area contributed by atoms with Gasteiger partial charge in [-0.05, 0) is 48.7 Å². The van der Waals surface area contributed by atoms with Crippen molar-refractivity contribution in [1.29, 1.82) is 0 Å². The Bertz CT molecular complexity index is 1000. The second-order valence-electron chi connectivity index (χ2n) is 6.97. The molecule has 29 heavy (non-hydrogen) atoms. The van der Waals surface area contributed by atoms with E-state index in [1.807, 2.05) is 24.3 Å². The Morgan fingerprint density at radius 3 is 2.69 bits per heavy atom. The van der Waals surface area contributed by atoms with E-state index in [1.165, 1.54) is 31.0 Å².